The molecule has 0 aliphatic carbocycles. The second-order valence-electron chi connectivity index (χ2n) is 4.82. The van der Waals surface area contributed by atoms with Gasteiger partial charge < -0.3 is 10.1 Å². The second kappa shape index (κ2) is 6.48. The van der Waals surface area contributed by atoms with Crippen molar-refractivity contribution in [2.45, 2.75) is 26.4 Å². The maximum atomic E-state index is 13.7. The van der Waals surface area contributed by atoms with E-state index in [9.17, 15) is 4.39 Å². The number of halogens is 1. The number of nitrogens with zero attached hydrogens (tertiary/aromatic N) is 1. The van der Waals surface area contributed by atoms with E-state index in [0.29, 0.717) is 6.54 Å². The van der Waals surface area contributed by atoms with E-state index < -0.39 is 0 Å². The molecule has 0 aliphatic heterocycles. The topological polar surface area (TPSA) is 34.1 Å². The Kier molecular flexibility index (Phi) is 4.69. The van der Waals surface area contributed by atoms with E-state index in [1.807, 2.05) is 38.2 Å². The molecular formula is C16H19FN2O. The Morgan fingerprint density at radius 2 is 2.10 bits per heavy atom. The molecule has 0 bridgehead atoms. The van der Waals surface area contributed by atoms with Crippen molar-refractivity contribution in [3.05, 3.63) is 59.2 Å². The third-order valence-electron chi connectivity index (χ3n) is 3.24. The van der Waals surface area contributed by atoms with Crippen LogP contribution >= 0.6 is 0 Å². The molecule has 0 saturated carbocycles. The van der Waals surface area contributed by atoms with Crippen molar-refractivity contribution in [2.75, 3.05) is 7.11 Å². The Balaban J connectivity index is 1.99. The number of benzene rings is 1. The third kappa shape index (κ3) is 3.54. The summed E-state index contributed by atoms with van der Waals surface area (Å²) in [7, 11) is 1.46. The first-order chi connectivity index (χ1) is 9.60. The fraction of sp³-hybridized carbons (Fsp3) is 0.312. The highest BCUT2D eigenvalue weighted by molar-refractivity contribution is 5.30. The molecule has 1 atom stereocenters. The quantitative estimate of drug-likeness (QED) is 0.907. The van der Waals surface area contributed by atoms with Crippen molar-refractivity contribution >= 4 is 0 Å². The van der Waals surface area contributed by atoms with Crippen molar-refractivity contribution in [3.63, 3.8) is 0 Å². The summed E-state index contributed by atoms with van der Waals surface area (Å²) in [5.74, 6) is -0.0757. The standard InChI is InChI=1S/C16H19FN2O/c1-11-4-6-14(19-9-11)10-18-12(2)13-5-7-16(20-3)15(17)8-13/h4-9,12,18H,10H2,1-3H3. The third-order valence-corrected chi connectivity index (χ3v) is 3.24. The van der Waals surface area contributed by atoms with Crippen LogP contribution in [0.3, 0.4) is 0 Å². The average molecular weight is 274 g/mol. The van der Waals surface area contributed by atoms with Gasteiger partial charge in [0.05, 0.1) is 12.8 Å². The summed E-state index contributed by atoms with van der Waals surface area (Å²) in [5.41, 5.74) is 2.99. The zero-order valence-corrected chi connectivity index (χ0v) is 12.0. The van der Waals surface area contributed by atoms with Crippen molar-refractivity contribution in [3.8, 4) is 5.75 Å². The molecule has 0 amide bonds. The van der Waals surface area contributed by atoms with Crippen molar-refractivity contribution in [2.24, 2.45) is 0 Å². The van der Waals surface area contributed by atoms with E-state index in [1.165, 1.54) is 13.2 Å². The highest BCUT2D eigenvalue weighted by Gasteiger charge is 2.09. The summed E-state index contributed by atoms with van der Waals surface area (Å²) in [6.07, 6.45) is 1.84. The van der Waals surface area contributed by atoms with E-state index >= 15 is 0 Å². The molecule has 0 aliphatic rings. The highest BCUT2D eigenvalue weighted by Crippen LogP contribution is 2.21. The first-order valence-electron chi connectivity index (χ1n) is 6.58. The number of hydrogen-bond donors (Lipinski definition) is 1. The van der Waals surface area contributed by atoms with Crippen molar-refractivity contribution in [1.29, 1.82) is 0 Å². The monoisotopic (exact) mass is 274 g/mol. The number of hydrogen-bond acceptors (Lipinski definition) is 3. The second-order valence-corrected chi connectivity index (χ2v) is 4.82. The van der Waals surface area contributed by atoms with Crippen molar-refractivity contribution in [1.82, 2.24) is 10.3 Å². The summed E-state index contributed by atoms with van der Waals surface area (Å²) in [4.78, 5) is 4.33. The van der Waals surface area contributed by atoms with Crippen LogP contribution in [0.4, 0.5) is 4.39 Å². The Morgan fingerprint density at radius 3 is 2.70 bits per heavy atom. The van der Waals surface area contributed by atoms with Gasteiger partial charge in [-0.15, -0.1) is 0 Å². The lowest BCUT2D eigenvalue weighted by Crippen LogP contribution is -2.18. The maximum absolute atomic E-state index is 13.7. The van der Waals surface area contributed by atoms with Crippen LogP contribution in [0.5, 0.6) is 5.75 Å². The molecule has 3 nitrogen and oxygen atoms in total. The molecule has 2 aromatic rings. The maximum Gasteiger partial charge on any atom is 0.165 e. The van der Waals surface area contributed by atoms with Crippen LogP contribution in [0.25, 0.3) is 0 Å². The fourth-order valence-electron chi connectivity index (χ4n) is 1.93. The van der Waals surface area contributed by atoms with Gasteiger partial charge in [0.1, 0.15) is 0 Å². The summed E-state index contributed by atoms with van der Waals surface area (Å²) in [6, 6.07) is 9.07. The van der Waals surface area contributed by atoms with Gasteiger partial charge in [-0.25, -0.2) is 4.39 Å². The SMILES string of the molecule is COc1ccc(C(C)NCc2ccc(C)cn2)cc1F. The molecule has 1 aromatic heterocycles. The number of rotatable bonds is 5. The lowest BCUT2D eigenvalue weighted by atomic mass is 10.1. The molecule has 2 rings (SSSR count). The minimum Gasteiger partial charge on any atom is -0.494 e. The number of aromatic nitrogens is 1. The predicted octanol–water partition coefficient (Wildman–Crippen LogP) is 3.39. The number of methoxy groups -OCH3 is 1. The number of ether oxygens (including phenoxy) is 1. The summed E-state index contributed by atoms with van der Waals surface area (Å²) in [6.45, 7) is 4.65. The van der Waals surface area contributed by atoms with Gasteiger partial charge in [0, 0.05) is 18.8 Å². The number of pyridine rings is 1. The minimum absolute atomic E-state index is 0.0403. The van der Waals surface area contributed by atoms with Gasteiger partial charge in [-0.1, -0.05) is 12.1 Å². The van der Waals surface area contributed by atoms with Crippen LogP contribution in [0.1, 0.15) is 29.8 Å². The van der Waals surface area contributed by atoms with E-state index in [1.54, 1.807) is 6.07 Å². The number of nitrogens with one attached hydrogen (secondary N) is 1. The Morgan fingerprint density at radius 1 is 1.30 bits per heavy atom. The largest absolute Gasteiger partial charge is 0.494 e. The molecule has 1 aromatic carbocycles. The first kappa shape index (κ1) is 14.5. The molecule has 1 heterocycles. The van der Waals surface area contributed by atoms with Gasteiger partial charge in [-0.3, -0.25) is 4.98 Å². The van der Waals surface area contributed by atoms with Crippen LogP contribution in [0.15, 0.2) is 36.5 Å². The lowest BCUT2D eigenvalue weighted by molar-refractivity contribution is 0.385. The zero-order valence-electron chi connectivity index (χ0n) is 12.0. The van der Waals surface area contributed by atoms with Crippen LogP contribution < -0.4 is 10.1 Å². The molecule has 0 fully saturated rings. The van der Waals surface area contributed by atoms with Crippen molar-refractivity contribution < 1.29 is 9.13 Å². The fourth-order valence-corrected chi connectivity index (χ4v) is 1.93. The van der Waals surface area contributed by atoms with Crippen LogP contribution in [0, 0.1) is 12.7 Å². The Labute approximate surface area is 118 Å². The van der Waals surface area contributed by atoms with Gasteiger partial charge in [0.25, 0.3) is 0 Å². The molecule has 1 unspecified atom stereocenters. The molecule has 0 radical (unpaired) electrons. The van der Waals surface area contributed by atoms with Gasteiger partial charge in [-0.05, 0) is 43.2 Å². The van der Waals surface area contributed by atoms with E-state index in [-0.39, 0.29) is 17.6 Å². The van der Waals surface area contributed by atoms with Gasteiger partial charge in [0.15, 0.2) is 11.6 Å². The number of aryl methyl sites for hydroxylation is 1. The normalized spacial score (nSPS) is 12.2. The lowest BCUT2D eigenvalue weighted by Gasteiger charge is -2.15. The van der Waals surface area contributed by atoms with Crippen LogP contribution in [0.2, 0.25) is 0 Å². The predicted molar refractivity (Wildman–Crippen MR) is 77.2 cm³/mol. The minimum atomic E-state index is -0.341. The van der Waals surface area contributed by atoms with E-state index in [0.717, 1.165) is 16.8 Å². The smallest absolute Gasteiger partial charge is 0.165 e. The van der Waals surface area contributed by atoms with E-state index in [2.05, 4.69) is 10.3 Å². The molecule has 0 saturated heterocycles. The van der Waals surface area contributed by atoms with Gasteiger partial charge in [0.2, 0.25) is 0 Å². The molecular weight excluding hydrogens is 255 g/mol. The van der Waals surface area contributed by atoms with Crippen LogP contribution in [-0.2, 0) is 6.54 Å². The summed E-state index contributed by atoms with van der Waals surface area (Å²) >= 11 is 0. The van der Waals surface area contributed by atoms with Crippen LogP contribution in [-0.4, -0.2) is 12.1 Å². The summed E-state index contributed by atoms with van der Waals surface area (Å²) in [5, 5.41) is 3.33. The van der Waals surface area contributed by atoms with Gasteiger partial charge >= 0.3 is 0 Å². The molecule has 1 N–H and O–H groups in total. The summed E-state index contributed by atoms with van der Waals surface area (Å²) < 4.78 is 18.6. The highest BCUT2D eigenvalue weighted by atomic mass is 19.1. The average Bonchev–Trinajstić information content (AvgIpc) is 2.46. The molecule has 20 heavy (non-hydrogen) atoms. The van der Waals surface area contributed by atoms with E-state index in [4.69, 9.17) is 4.74 Å². The Bertz CT molecular complexity index is 569. The Hall–Kier alpha value is -1.94. The first-order valence-corrected chi connectivity index (χ1v) is 6.58. The zero-order chi connectivity index (χ0) is 14.5. The van der Waals surface area contributed by atoms with Gasteiger partial charge in [-0.2, -0.15) is 0 Å². The molecule has 106 valence electrons. The molecule has 4 heteroatoms. The molecule has 0 spiro atoms.